The van der Waals surface area contributed by atoms with Crippen molar-refractivity contribution in [3.8, 4) is 0 Å². The van der Waals surface area contributed by atoms with Crippen molar-refractivity contribution in [2.75, 3.05) is 6.54 Å². The smallest absolute Gasteiger partial charge is 0.411 e. The first-order valence-electron chi connectivity index (χ1n) is 5.09. The van der Waals surface area contributed by atoms with Crippen molar-refractivity contribution in [3.05, 3.63) is 0 Å². The topological polar surface area (TPSA) is 66.8 Å². The zero-order valence-corrected chi connectivity index (χ0v) is 9.57. The van der Waals surface area contributed by atoms with Crippen LogP contribution in [0.15, 0.2) is 0 Å². The van der Waals surface area contributed by atoms with E-state index in [-0.39, 0.29) is 13.0 Å². The van der Waals surface area contributed by atoms with Gasteiger partial charge in [0, 0.05) is 6.54 Å². The Kier molecular flexibility index (Phi) is 3.40. The third kappa shape index (κ3) is 2.84. The molecule has 1 N–H and O–H groups in total. The van der Waals surface area contributed by atoms with Crippen LogP contribution in [0.5, 0.6) is 0 Å². The van der Waals surface area contributed by atoms with Gasteiger partial charge in [0.25, 0.3) is 0 Å². The van der Waals surface area contributed by atoms with E-state index in [1.54, 1.807) is 20.8 Å². The predicted octanol–water partition coefficient (Wildman–Crippen LogP) is 1.42. The average Bonchev–Trinajstić information content (AvgIpc) is 2.43. The standard InChI is InChI=1S/C10H16FNO4/c1-10(2,3)16-9(15)12-5-4-6(11)7(12)8(13)14/h6-7H,4-5H2,1-3H3,(H,13,14)/t6-,7-/m1/s1. The number of alkyl halides is 1. The van der Waals surface area contributed by atoms with Gasteiger partial charge in [-0.3, -0.25) is 4.90 Å². The molecule has 0 spiro atoms. The molecule has 0 radical (unpaired) electrons. The zero-order valence-electron chi connectivity index (χ0n) is 9.57. The summed E-state index contributed by atoms with van der Waals surface area (Å²) in [5, 5.41) is 8.81. The van der Waals surface area contributed by atoms with Crippen LogP contribution in [0.3, 0.4) is 0 Å². The van der Waals surface area contributed by atoms with Gasteiger partial charge in [0.05, 0.1) is 0 Å². The van der Waals surface area contributed by atoms with Crippen LogP contribution in [0.1, 0.15) is 27.2 Å². The quantitative estimate of drug-likeness (QED) is 0.743. The number of halogens is 1. The molecule has 0 aliphatic carbocycles. The van der Waals surface area contributed by atoms with Gasteiger partial charge in [0.2, 0.25) is 0 Å². The van der Waals surface area contributed by atoms with E-state index < -0.39 is 29.9 Å². The number of hydrogen-bond donors (Lipinski definition) is 1. The number of carboxylic acid groups (broad SMARTS) is 1. The number of amides is 1. The van der Waals surface area contributed by atoms with Crippen molar-refractivity contribution in [3.63, 3.8) is 0 Å². The van der Waals surface area contributed by atoms with Crippen molar-refractivity contribution < 1.29 is 23.8 Å². The number of hydrogen-bond acceptors (Lipinski definition) is 3. The molecule has 5 nitrogen and oxygen atoms in total. The van der Waals surface area contributed by atoms with Gasteiger partial charge in [-0.25, -0.2) is 14.0 Å². The molecule has 0 aromatic rings. The van der Waals surface area contributed by atoms with E-state index in [1.807, 2.05) is 0 Å². The summed E-state index contributed by atoms with van der Waals surface area (Å²) in [6.45, 7) is 5.09. The van der Waals surface area contributed by atoms with Gasteiger partial charge in [-0.15, -0.1) is 0 Å². The molecule has 6 heteroatoms. The van der Waals surface area contributed by atoms with Crippen LogP contribution in [0.2, 0.25) is 0 Å². The molecule has 1 fully saturated rings. The number of carbonyl (C=O) groups is 2. The summed E-state index contributed by atoms with van der Waals surface area (Å²) in [5.41, 5.74) is -0.714. The number of likely N-dealkylation sites (tertiary alicyclic amines) is 1. The number of carboxylic acids is 1. The lowest BCUT2D eigenvalue weighted by Gasteiger charge is -2.26. The van der Waals surface area contributed by atoms with E-state index in [0.717, 1.165) is 4.90 Å². The van der Waals surface area contributed by atoms with E-state index in [1.165, 1.54) is 0 Å². The summed E-state index contributed by atoms with van der Waals surface area (Å²) in [7, 11) is 0. The zero-order chi connectivity index (χ0) is 12.5. The second kappa shape index (κ2) is 4.27. The molecule has 0 unspecified atom stereocenters. The first kappa shape index (κ1) is 12.7. The van der Waals surface area contributed by atoms with Gasteiger partial charge in [0.1, 0.15) is 11.8 Å². The maximum absolute atomic E-state index is 13.3. The van der Waals surface area contributed by atoms with E-state index in [0.29, 0.717) is 0 Å². The Labute approximate surface area is 93.2 Å². The Balaban J connectivity index is 2.73. The van der Waals surface area contributed by atoms with Gasteiger partial charge in [-0.1, -0.05) is 0 Å². The molecule has 92 valence electrons. The fraction of sp³-hybridized carbons (Fsp3) is 0.800. The largest absolute Gasteiger partial charge is 0.480 e. The molecular formula is C10H16FNO4. The van der Waals surface area contributed by atoms with Gasteiger partial charge >= 0.3 is 12.1 Å². The minimum absolute atomic E-state index is 0.0379. The number of ether oxygens (including phenoxy) is 1. The molecule has 1 amide bonds. The summed E-state index contributed by atoms with van der Waals surface area (Å²) in [6, 6.07) is -1.42. The highest BCUT2D eigenvalue weighted by Crippen LogP contribution is 2.23. The normalized spacial score (nSPS) is 25.6. The molecular weight excluding hydrogens is 217 g/mol. The number of rotatable bonds is 1. The molecule has 16 heavy (non-hydrogen) atoms. The van der Waals surface area contributed by atoms with E-state index in [2.05, 4.69) is 0 Å². The Morgan fingerprint density at radius 2 is 2.00 bits per heavy atom. The van der Waals surface area contributed by atoms with Crippen molar-refractivity contribution >= 4 is 12.1 Å². The summed E-state index contributed by atoms with van der Waals surface area (Å²) < 4.78 is 18.3. The Morgan fingerprint density at radius 3 is 2.44 bits per heavy atom. The molecule has 1 rings (SSSR count). The van der Waals surface area contributed by atoms with Crippen LogP contribution in [0.25, 0.3) is 0 Å². The van der Waals surface area contributed by atoms with Crippen LogP contribution in [0, 0.1) is 0 Å². The molecule has 0 bridgehead atoms. The van der Waals surface area contributed by atoms with E-state index in [4.69, 9.17) is 9.84 Å². The fourth-order valence-electron chi connectivity index (χ4n) is 1.57. The monoisotopic (exact) mass is 233 g/mol. The van der Waals surface area contributed by atoms with Crippen LogP contribution in [-0.4, -0.2) is 46.4 Å². The number of aliphatic carboxylic acids is 1. The summed E-state index contributed by atoms with van der Waals surface area (Å²) >= 11 is 0. The summed E-state index contributed by atoms with van der Waals surface area (Å²) in [5.74, 6) is -1.34. The first-order valence-corrected chi connectivity index (χ1v) is 5.09. The van der Waals surface area contributed by atoms with Crippen LogP contribution < -0.4 is 0 Å². The van der Waals surface area contributed by atoms with E-state index in [9.17, 15) is 14.0 Å². The lowest BCUT2D eigenvalue weighted by molar-refractivity contribution is -0.143. The molecule has 2 atom stereocenters. The lowest BCUT2D eigenvalue weighted by atomic mass is 10.2. The Bertz CT molecular complexity index is 300. The average molecular weight is 233 g/mol. The minimum atomic E-state index is -1.52. The van der Waals surface area contributed by atoms with Crippen molar-refractivity contribution in [2.24, 2.45) is 0 Å². The Hall–Kier alpha value is -1.33. The Morgan fingerprint density at radius 1 is 1.44 bits per heavy atom. The minimum Gasteiger partial charge on any atom is -0.480 e. The highest BCUT2D eigenvalue weighted by Gasteiger charge is 2.43. The number of nitrogens with zero attached hydrogens (tertiary/aromatic N) is 1. The van der Waals surface area contributed by atoms with Crippen molar-refractivity contribution in [1.82, 2.24) is 4.90 Å². The molecule has 1 heterocycles. The summed E-state index contributed by atoms with van der Waals surface area (Å²) in [4.78, 5) is 23.3. The molecule has 1 aliphatic rings. The SMILES string of the molecule is CC(C)(C)OC(=O)N1CC[C@@H](F)[C@@H]1C(=O)O. The molecule has 1 aliphatic heterocycles. The van der Waals surface area contributed by atoms with Crippen molar-refractivity contribution in [2.45, 2.75) is 45.0 Å². The third-order valence-corrected chi connectivity index (χ3v) is 2.21. The van der Waals surface area contributed by atoms with Crippen LogP contribution in [-0.2, 0) is 9.53 Å². The fourth-order valence-corrected chi connectivity index (χ4v) is 1.57. The van der Waals surface area contributed by atoms with Gasteiger partial charge in [0.15, 0.2) is 6.04 Å². The maximum atomic E-state index is 13.3. The third-order valence-electron chi connectivity index (χ3n) is 2.21. The second-order valence-corrected chi connectivity index (χ2v) is 4.76. The lowest BCUT2D eigenvalue weighted by Crippen LogP contribution is -2.46. The highest BCUT2D eigenvalue weighted by atomic mass is 19.1. The van der Waals surface area contributed by atoms with Gasteiger partial charge in [-0.05, 0) is 27.2 Å². The van der Waals surface area contributed by atoms with E-state index >= 15 is 0 Å². The van der Waals surface area contributed by atoms with Crippen molar-refractivity contribution in [1.29, 1.82) is 0 Å². The summed E-state index contributed by atoms with van der Waals surface area (Å²) in [6.07, 6.45) is -2.26. The molecule has 0 aromatic heterocycles. The van der Waals surface area contributed by atoms with Gasteiger partial charge < -0.3 is 9.84 Å². The molecule has 1 saturated heterocycles. The maximum Gasteiger partial charge on any atom is 0.411 e. The van der Waals surface area contributed by atoms with Crippen LogP contribution >= 0.6 is 0 Å². The highest BCUT2D eigenvalue weighted by molar-refractivity contribution is 5.81. The first-order chi connectivity index (χ1) is 7.22. The molecule has 0 saturated carbocycles. The molecule has 0 aromatic carbocycles. The van der Waals surface area contributed by atoms with Gasteiger partial charge in [-0.2, -0.15) is 0 Å². The number of carbonyl (C=O) groups excluding carboxylic acids is 1. The van der Waals surface area contributed by atoms with Crippen LogP contribution in [0.4, 0.5) is 9.18 Å². The predicted molar refractivity (Wildman–Crippen MR) is 53.9 cm³/mol. The second-order valence-electron chi connectivity index (χ2n) is 4.76.